The summed E-state index contributed by atoms with van der Waals surface area (Å²) in [6, 6.07) is 2.01. The van der Waals surface area contributed by atoms with Gasteiger partial charge < -0.3 is 9.84 Å². The molecule has 0 radical (unpaired) electrons. The van der Waals surface area contributed by atoms with Gasteiger partial charge >= 0.3 is 5.97 Å². The molecule has 0 aliphatic rings. The highest BCUT2D eigenvalue weighted by molar-refractivity contribution is 9.10. The third kappa shape index (κ3) is 2.30. The van der Waals surface area contributed by atoms with Crippen molar-refractivity contribution < 1.29 is 23.4 Å². The number of nitrogens with zero attached hydrogens (tertiary/aromatic N) is 1. The maximum absolute atomic E-state index is 13.8. The highest BCUT2D eigenvalue weighted by atomic mass is 79.9. The molecule has 0 aliphatic carbocycles. The standard InChI is InChI=1S/C11H7BrF2N2O3/c1-19-10-4(12)2-5(13)9(14)8(10)6-3-7(11(17)18)16-15-6/h2-3H,1H3,(H,15,16)(H,17,18). The van der Waals surface area contributed by atoms with Crippen molar-refractivity contribution in [2.75, 3.05) is 7.11 Å². The van der Waals surface area contributed by atoms with Crippen LogP contribution in [-0.2, 0) is 0 Å². The zero-order valence-corrected chi connectivity index (χ0v) is 11.1. The average molecular weight is 333 g/mol. The lowest BCUT2D eigenvalue weighted by Crippen LogP contribution is -1.97. The number of methoxy groups -OCH3 is 1. The SMILES string of the molecule is COc1c(Br)cc(F)c(F)c1-c1cc(C(=O)O)[nH]n1. The van der Waals surface area contributed by atoms with E-state index >= 15 is 0 Å². The first-order chi connectivity index (χ1) is 8.95. The number of hydrogen-bond donors (Lipinski definition) is 2. The van der Waals surface area contributed by atoms with Crippen molar-refractivity contribution in [3.05, 3.63) is 33.9 Å². The normalized spacial score (nSPS) is 10.5. The second-order valence-electron chi connectivity index (χ2n) is 3.53. The van der Waals surface area contributed by atoms with Gasteiger partial charge in [-0.2, -0.15) is 5.10 Å². The number of aromatic amines is 1. The van der Waals surface area contributed by atoms with Crippen LogP contribution in [0, 0.1) is 11.6 Å². The molecule has 2 N–H and O–H groups in total. The number of carboxylic acids is 1. The van der Waals surface area contributed by atoms with Gasteiger partial charge in [-0.3, -0.25) is 5.10 Å². The Morgan fingerprint density at radius 1 is 1.47 bits per heavy atom. The number of nitrogens with one attached hydrogen (secondary N) is 1. The Balaban J connectivity index is 2.69. The second-order valence-corrected chi connectivity index (χ2v) is 4.39. The maximum atomic E-state index is 13.8. The smallest absolute Gasteiger partial charge is 0.353 e. The van der Waals surface area contributed by atoms with Crippen LogP contribution in [0.1, 0.15) is 10.5 Å². The number of ether oxygens (including phenoxy) is 1. The van der Waals surface area contributed by atoms with E-state index < -0.39 is 17.6 Å². The summed E-state index contributed by atoms with van der Waals surface area (Å²) in [6.07, 6.45) is 0. The first-order valence-electron chi connectivity index (χ1n) is 4.96. The third-order valence-corrected chi connectivity index (χ3v) is 2.98. The van der Waals surface area contributed by atoms with Crippen molar-refractivity contribution in [2.45, 2.75) is 0 Å². The summed E-state index contributed by atoms with van der Waals surface area (Å²) in [5, 5.41) is 14.6. The molecule has 0 saturated carbocycles. The Kier molecular flexibility index (Phi) is 3.52. The molecular formula is C11H7BrF2N2O3. The lowest BCUT2D eigenvalue weighted by atomic mass is 10.1. The Labute approximate surface area is 114 Å². The van der Waals surface area contributed by atoms with E-state index in [-0.39, 0.29) is 27.2 Å². The van der Waals surface area contributed by atoms with E-state index in [0.29, 0.717) is 0 Å². The number of carbonyl (C=O) groups is 1. The number of aromatic nitrogens is 2. The lowest BCUT2D eigenvalue weighted by Gasteiger charge is -2.10. The van der Waals surface area contributed by atoms with Gasteiger partial charge in [0.05, 0.1) is 22.8 Å². The van der Waals surface area contributed by atoms with Gasteiger partial charge in [-0.25, -0.2) is 13.6 Å². The molecule has 8 heteroatoms. The first-order valence-corrected chi connectivity index (χ1v) is 5.75. The highest BCUT2D eigenvalue weighted by Crippen LogP contribution is 2.39. The van der Waals surface area contributed by atoms with Crippen molar-refractivity contribution >= 4 is 21.9 Å². The lowest BCUT2D eigenvalue weighted by molar-refractivity contribution is 0.0690. The molecule has 0 bridgehead atoms. The summed E-state index contributed by atoms with van der Waals surface area (Å²) in [5.41, 5.74) is -0.554. The van der Waals surface area contributed by atoms with E-state index in [1.807, 2.05) is 0 Å². The topological polar surface area (TPSA) is 75.2 Å². The number of benzene rings is 1. The van der Waals surface area contributed by atoms with E-state index in [9.17, 15) is 13.6 Å². The molecule has 5 nitrogen and oxygen atoms in total. The van der Waals surface area contributed by atoms with Crippen molar-refractivity contribution in [1.82, 2.24) is 10.2 Å². The summed E-state index contributed by atoms with van der Waals surface area (Å²) in [7, 11) is 1.28. The highest BCUT2D eigenvalue weighted by Gasteiger charge is 2.22. The quantitative estimate of drug-likeness (QED) is 0.847. The van der Waals surface area contributed by atoms with E-state index in [1.165, 1.54) is 7.11 Å². The molecule has 19 heavy (non-hydrogen) atoms. The minimum Gasteiger partial charge on any atom is -0.495 e. The number of carboxylic acid groups (broad SMARTS) is 1. The van der Waals surface area contributed by atoms with Gasteiger partial charge in [-0.05, 0) is 28.1 Å². The van der Waals surface area contributed by atoms with Crippen LogP contribution in [0.3, 0.4) is 0 Å². The maximum Gasteiger partial charge on any atom is 0.353 e. The largest absolute Gasteiger partial charge is 0.495 e. The van der Waals surface area contributed by atoms with Crippen LogP contribution >= 0.6 is 15.9 Å². The van der Waals surface area contributed by atoms with Gasteiger partial charge in [0.15, 0.2) is 11.6 Å². The summed E-state index contributed by atoms with van der Waals surface area (Å²) in [4.78, 5) is 10.7. The second kappa shape index (κ2) is 4.96. The molecule has 0 saturated heterocycles. The Morgan fingerprint density at radius 2 is 2.16 bits per heavy atom. The third-order valence-electron chi connectivity index (χ3n) is 2.40. The minimum absolute atomic E-state index is 0.0299. The number of H-pyrrole nitrogens is 1. The van der Waals surface area contributed by atoms with E-state index in [1.54, 1.807) is 0 Å². The Bertz CT molecular complexity index is 658. The molecule has 0 amide bonds. The summed E-state index contributed by atoms with van der Waals surface area (Å²) in [5.74, 6) is -3.48. The van der Waals surface area contributed by atoms with Gasteiger partial charge in [0.2, 0.25) is 0 Å². The van der Waals surface area contributed by atoms with Crippen LogP contribution in [0.15, 0.2) is 16.6 Å². The van der Waals surface area contributed by atoms with Crippen LogP contribution in [-0.4, -0.2) is 28.4 Å². The fourth-order valence-corrected chi connectivity index (χ4v) is 2.13. The van der Waals surface area contributed by atoms with E-state index in [0.717, 1.165) is 12.1 Å². The molecule has 2 rings (SSSR count). The number of halogens is 3. The summed E-state index contributed by atoms with van der Waals surface area (Å²) in [6.45, 7) is 0. The molecule has 0 aliphatic heterocycles. The van der Waals surface area contributed by atoms with Gasteiger partial charge in [-0.1, -0.05) is 0 Å². The molecular weight excluding hydrogens is 326 g/mol. The fourth-order valence-electron chi connectivity index (χ4n) is 1.57. The predicted octanol–water partition coefficient (Wildman–Crippen LogP) is 2.82. The van der Waals surface area contributed by atoms with Gasteiger partial charge in [-0.15, -0.1) is 0 Å². The average Bonchev–Trinajstić information content (AvgIpc) is 2.82. The zero-order valence-electron chi connectivity index (χ0n) is 9.50. The number of rotatable bonds is 3. The van der Waals surface area contributed by atoms with Gasteiger partial charge in [0.25, 0.3) is 0 Å². The van der Waals surface area contributed by atoms with Crippen molar-refractivity contribution in [3.8, 4) is 17.0 Å². The van der Waals surface area contributed by atoms with Crippen molar-refractivity contribution in [3.63, 3.8) is 0 Å². The fraction of sp³-hybridized carbons (Fsp3) is 0.0909. The number of aromatic carboxylic acids is 1. The van der Waals surface area contributed by atoms with Crippen molar-refractivity contribution in [1.29, 1.82) is 0 Å². The summed E-state index contributed by atoms with van der Waals surface area (Å²) < 4.78 is 32.4. The van der Waals surface area contributed by atoms with E-state index in [2.05, 4.69) is 26.1 Å². The van der Waals surface area contributed by atoms with Gasteiger partial charge in [0.1, 0.15) is 11.4 Å². The molecule has 0 atom stereocenters. The molecule has 0 unspecified atom stereocenters. The molecule has 1 aromatic heterocycles. The van der Waals surface area contributed by atoms with Crippen LogP contribution in [0.2, 0.25) is 0 Å². The molecule has 0 fully saturated rings. The van der Waals surface area contributed by atoms with Crippen LogP contribution in [0.5, 0.6) is 5.75 Å². The molecule has 100 valence electrons. The zero-order chi connectivity index (χ0) is 14.2. The molecule has 1 aromatic carbocycles. The van der Waals surface area contributed by atoms with Crippen LogP contribution in [0.4, 0.5) is 8.78 Å². The van der Waals surface area contributed by atoms with Crippen molar-refractivity contribution in [2.24, 2.45) is 0 Å². The summed E-state index contributed by atoms with van der Waals surface area (Å²) >= 11 is 3.04. The predicted molar refractivity (Wildman–Crippen MR) is 65.2 cm³/mol. The first kappa shape index (κ1) is 13.5. The molecule has 2 aromatic rings. The molecule has 0 spiro atoms. The number of hydrogen-bond acceptors (Lipinski definition) is 3. The Morgan fingerprint density at radius 3 is 2.68 bits per heavy atom. The minimum atomic E-state index is -1.26. The Hall–Kier alpha value is -1.96. The van der Waals surface area contributed by atoms with Crippen LogP contribution < -0.4 is 4.74 Å². The monoisotopic (exact) mass is 332 g/mol. The molecule has 1 heterocycles. The van der Waals surface area contributed by atoms with E-state index in [4.69, 9.17) is 9.84 Å². The van der Waals surface area contributed by atoms with Crippen LogP contribution in [0.25, 0.3) is 11.3 Å². The van der Waals surface area contributed by atoms with Gasteiger partial charge in [0, 0.05) is 0 Å².